The fourth-order valence-electron chi connectivity index (χ4n) is 2.16. The molecule has 7 heteroatoms. The molecule has 23 heavy (non-hydrogen) atoms. The molecule has 0 saturated carbocycles. The summed E-state index contributed by atoms with van der Waals surface area (Å²) in [4.78, 5) is 25.0. The number of amides is 2. The smallest absolute Gasteiger partial charge is 0.429 e. The lowest BCUT2D eigenvalue weighted by Gasteiger charge is -2.36. The van der Waals surface area contributed by atoms with Gasteiger partial charge in [-0.05, 0) is 54.4 Å². The highest BCUT2D eigenvalue weighted by atomic mass is 16.6. The molecule has 0 aliphatic carbocycles. The summed E-state index contributed by atoms with van der Waals surface area (Å²) in [6, 6.07) is 0. The predicted octanol–water partition coefficient (Wildman–Crippen LogP) is 3.18. The third-order valence-corrected chi connectivity index (χ3v) is 3.11. The van der Waals surface area contributed by atoms with Crippen molar-refractivity contribution in [1.29, 1.82) is 0 Å². The second-order valence-corrected chi connectivity index (χ2v) is 7.67. The van der Waals surface area contributed by atoms with Gasteiger partial charge in [-0.3, -0.25) is 0 Å². The average Bonchev–Trinajstić information content (AvgIpc) is 2.56. The van der Waals surface area contributed by atoms with Crippen molar-refractivity contribution in [3.8, 4) is 0 Å². The Hall–Kier alpha value is -1.50. The highest BCUT2D eigenvalue weighted by Crippen LogP contribution is 2.20. The Balaban J connectivity index is 2.97. The van der Waals surface area contributed by atoms with E-state index in [9.17, 15) is 9.59 Å². The first-order chi connectivity index (χ1) is 10.4. The van der Waals surface area contributed by atoms with Crippen LogP contribution >= 0.6 is 0 Å². The molecule has 134 valence electrons. The van der Waals surface area contributed by atoms with Crippen molar-refractivity contribution in [1.82, 2.24) is 10.0 Å². The Morgan fingerprint density at radius 3 is 1.83 bits per heavy atom. The molecule has 0 aromatic heterocycles. The van der Waals surface area contributed by atoms with Crippen LogP contribution in [0.1, 0.15) is 54.4 Å². The Morgan fingerprint density at radius 1 is 0.913 bits per heavy atom. The molecular formula is C16H30N2O5. The number of hydrogen-bond donors (Lipinski definition) is 0. The van der Waals surface area contributed by atoms with Gasteiger partial charge in [0, 0.05) is 13.7 Å². The molecule has 2 amide bonds. The Kier molecular flexibility index (Phi) is 6.27. The van der Waals surface area contributed by atoms with E-state index >= 15 is 0 Å². The van der Waals surface area contributed by atoms with Crippen LogP contribution in [0.4, 0.5) is 9.59 Å². The first-order valence-corrected chi connectivity index (χ1v) is 7.96. The van der Waals surface area contributed by atoms with Gasteiger partial charge in [0.15, 0.2) is 0 Å². The third kappa shape index (κ3) is 6.64. The van der Waals surface area contributed by atoms with Crippen LogP contribution in [0.15, 0.2) is 0 Å². The number of hydrazine groups is 1. The summed E-state index contributed by atoms with van der Waals surface area (Å²) in [6.07, 6.45) is 0.203. The Bertz CT molecular complexity index is 425. The summed E-state index contributed by atoms with van der Waals surface area (Å²) >= 11 is 0. The van der Waals surface area contributed by atoms with Crippen molar-refractivity contribution in [2.24, 2.45) is 0 Å². The van der Waals surface area contributed by atoms with Crippen LogP contribution < -0.4 is 0 Å². The fourth-order valence-corrected chi connectivity index (χ4v) is 2.16. The maximum Gasteiger partial charge on any atom is 0.429 e. The standard InChI is InChI=1S/C16H30N2O5/c1-15(2,3)22-13(19)17-10-8-9-12(21-7)11-18(17)14(20)23-16(4,5)6/h12H,8-11H2,1-7H3. The quantitative estimate of drug-likeness (QED) is 0.738. The zero-order chi connectivity index (χ0) is 17.8. The summed E-state index contributed by atoms with van der Waals surface area (Å²) < 4.78 is 16.2. The molecule has 1 aliphatic heterocycles. The van der Waals surface area contributed by atoms with E-state index in [1.807, 2.05) is 0 Å². The van der Waals surface area contributed by atoms with Crippen molar-refractivity contribution in [2.75, 3.05) is 20.2 Å². The van der Waals surface area contributed by atoms with Crippen molar-refractivity contribution in [2.45, 2.75) is 71.7 Å². The summed E-state index contributed by atoms with van der Waals surface area (Å²) in [7, 11) is 1.60. The zero-order valence-electron chi connectivity index (χ0n) is 15.3. The minimum Gasteiger partial charge on any atom is -0.442 e. The van der Waals surface area contributed by atoms with Crippen LogP contribution in [0, 0.1) is 0 Å². The van der Waals surface area contributed by atoms with Gasteiger partial charge >= 0.3 is 12.2 Å². The van der Waals surface area contributed by atoms with Crippen molar-refractivity contribution in [3.63, 3.8) is 0 Å². The lowest BCUT2D eigenvalue weighted by atomic mass is 10.2. The van der Waals surface area contributed by atoms with Gasteiger partial charge in [0.05, 0.1) is 12.6 Å². The molecule has 1 unspecified atom stereocenters. The molecule has 0 aromatic rings. The SMILES string of the molecule is COC1CCCN(C(=O)OC(C)(C)C)N(C(=O)OC(C)(C)C)C1. The van der Waals surface area contributed by atoms with Gasteiger partial charge in [0.25, 0.3) is 0 Å². The van der Waals surface area contributed by atoms with Crippen LogP contribution in [0.2, 0.25) is 0 Å². The van der Waals surface area contributed by atoms with Gasteiger partial charge in [-0.25, -0.2) is 19.6 Å². The molecule has 1 atom stereocenters. The first-order valence-electron chi connectivity index (χ1n) is 7.96. The monoisotopic (exact) mass is 330 g/mol. The number of ether oxygens (including phenoxy) is 3. The fraction of sp³-hybridized carbons (Fsp3) is 0.875. The van der Waals surface area contributed by atoms with Gasteiger partial charge in [0.1, 0.15) is 11.2 Å². The number of nitrogens with zero attached hydrogens (tertiary/aromatic N) is 2. The number of carbonyl (C=O) groups excluding carboxylic acids is 2. The number of hydrogen-bond acceptors (Lipinski definition) is 5. The van der Waals surface area contributed by atoms with Crippen LogP contribution in [0.3, 0.4) is 0 Å². The third-order valence-electron chi connectivity index (χ3n) is 3.11. The maximum atomic E-state index is 12.5. The van der Waals surface area contributed by atoms with Crippen molar-refractivity contribution in [3.05, 3.63) is 0 Å². The van der Waals surface area contributed by atoms with Gasteiger partial charge in [-0.15, -0.1) is 0 Å². The van der Waals surface area contributed by atoms with E-state index in [1.54, 1.807) is 48.7 Å². The molecule has 0 radical (unpaired) electrons. The van der Waals surface area contributed by atoms with E-state index in [0.29, 0.717) is 6.54 Å². The van der Waals surface area contributed by atoms with E-state index in [0.717, 1.165) is 12.8 Å². The van der Waals surface area contributed by atoms with Crippen molar-refractivity contribution < 1.29 is 23.8 Å². The van der Waals surface area contributed by atoms with Gasteiger partial charge in [-0.1, -0.05) is 0 Å². The molecular weight excluding hydrogens is 300 g/mol. The average molecular weight is 330 g/mol. The minimum atomic E-state index is -0.647. The van der Waals surface area contributed by atoms with E-state index in [-0.39, 0.29) is 12.6 Å². The Morgan fingerprint density at radius 2 is 1.39 bits per heavy atom. The first kappa shape index (κ1) is 19.5. The molecule has 1 fully saturated rings. The molecule has 1 heterocycles. The largest absolute Gasteiger partial charge is 0.442 e. The molecule has 7 nitrogen and oxygen atoms in total. The lowest BCUT2D eigenvalue weighted by molar-refractivity contribution is -0.0690. The second-order valence-electron chi connectivity index (χ2n) is 7.67. The zero-order valence-corrected chi connectivity index (χ0v) is 15.3. The highest BCUT2D eigenvalue weighted by molar-refractivity contribution is 5.74. The number of carbonyl (C=O) groups is 2. The molecule has 1 rings (SSSR count). The van der Waals surface area contributed by atoms with Gasteiger partial charge < -0.3 is 14.2 Å². The second kappa shape index (κ2) is 7.38. The Labute approximate surface area is 138 Å². The molecule has 0 aromatic carbocycles. The summed E-state index contributed by atoms with van der Waals surface area (Å²) in [5.74, 6) is 0. The molecule has 0 spiro atoms. The van der Waals surface area contributed by atoms with Crippen LogP contribution in [-0.2, 0) is 14.2 Å². The predicted molar refractivity (Wildman–Crippen MR) is 85.9 cm³/mol. The summed E-state index contributed by atoms with van der Waals surface area (Å²) in [6.45, 7) is 11.4. The van der Waals surface area contributed by atoms with Gasteiger partial charge in [0.2, 0.25) is 0 Å². The van der Waals surface area contributed by atoms with E-state index in [1.165, 1.54) is 10.0 Å². The molecule has 1 aliphatic rings. The number of methoxy groups -OCH3 is 1. The normalized spacial score (nSPS) is 20.0. The lowest BCUT2D eigenvalue weighted by Crippen LogP contribution is -2.53. The topological polar surface area (TPSA) is 68.3 Å². The van der Waals surface area contributed by atoms with E-state index in [4.69, 9.17) is 14.2 Å². The van der Waals surface area contributed by atoms with Crippen LogP contribution in [-0.4, -0.2) is 59.7 Å². The minimum absolute atomic E-state index is 0.144. The summed E-state index contributed by atoms with van der Waals surface area (Å²) in [5.41, 5.74) is -1.28. The number of rotatable bonds is 1. The summed E-state index contributed by atoms with van der Waals surface area (Å²) in [5, 5.41) is 2.61. The highest BCUT2D eigenvalue weighted by Gasteiger charge is 2.36. The van der Waals surface area contributed by atoms with Crippen LogP contribution in [0.25, 0.3) is 0 Å². The maximum absolute atomic E-state index is 12.5. The van der Waals surface area contributed by atoms with Gasteiger partial charge in [-0.2, -0.15) is 0 Å². The molecule has 0 bridgehead atoms. The molecule has 1 saturated heterocycles. The van der Waals surface area contributed by atoms with Crippen LogP contribution in [0.5, 0.6) is 0 Å². The van der Waals surface area contributed by atoms with Crippen molar-refractivity contribution >= 4 is 12.2 Å². The van der Waals surface area contributed by atoms with E-state index in [2.05, 4.69) is 0 Å². The molecule has 0 N–H and O–H groups in total. The van der Waals surface area contributed by atoms with E-state index < -0.39 is 23.4 Å².